The van der Waals surface area contributed by atoms with E-state index in [9.17, 15) is 8.42 Å². The molecule has 24 heavy (non-hydrogen) atoms. The fraction of sp³-hybridized carbons (Fsp3) is 0.632. The molecule has 0 N–H and O–H groups in total. The SMILES string of the molecule is CC(C)S(=O)(=O)CC1CCC(CCc2ccc3scnc3c2)CC1. The van der Waals surface area contributed by atoms with Crippen LogP contribution in [0.25, 0.3) is 10.2 Å². The first-order chi connectivity index (χ1) is 11.4. The van der Waals surface area contributed by atoms with Crippen molar-refractivity contribution in [3.8, 4) is 0 Å². The number of sulfone groups is 1. The molecule has 0 unspecified atom stereocenters. The Hall–Kier alpha value is -0.940. The summed E-state index contributed by atoms with van der Waals surface area (Å²) in [7, 11) is -2.89. The summed E-state index contributed by atoms with van der Waals surface area (Å²) in [6, 6.07) is 6.62. The second-order valence-electron chi connectivity index (χ2n) is 7.46. The molecule has 2 aromatic rings. The molecule has 1 heterocycles. The summed E-state index contributed by atoms with van der Waals surface area (Å²) in [6.07, 6.45) is 6.81. The number of hydrogen-bond acceptors (Lipinski definition) is 4. The van der Waals surface area contributed by atoms with E-state index in [4.69, 9.17) is 0 Å². The Morgan fingerprint density at radius 3 is 2.58 bits per heavy atom. The summed E-state index contributed by atoms with van der Waals surface area (Å²) in [4.78, 5) is 4.39. The zero-order chi connectivity index (χ0) is 17.2. The smallest absolute Gasteiger partial charge is 0.152 e. The van der Waals surface area contributed by atoms with E-state index in [1.54, 1.807) is 25.2 Å². The van der Waals surface area contributed by atoms with Gasteiger partial charge in [-0.25, -0.2) is 13.4 Å². The highest BCUT2D eigenvalue weighted by atomic mass is 32.2. The molecule has 1 aromatic heterocycles. The summed E-state index contributed by atoms with van der Waals surface area (Å²) < 4.78 is 25.4. The van der Waals surface area contributed by atoms with Crippen LogP contribution in [0.1, 0.15) is 51.5 Å². The molecule has 3 rings (SSSR count). The van der Waals surface area contributed by atoms with E-state index in [1.165, 1.54) is 29.5 Å². The van der Waals surface area contributed by atoms with Crippen molar-refractivity contribution in [2.45, 2.75) is 57.6 Å². The van der Waals surface area contributed by atoms with Crippen molar-refractivity contribution in [3.05, 3.63) is 29.3 Å². The van der Waals surface area contributed by atoms with Gasteiger partial charge in [-0.05, 0) is 69.1 Å². The monoisotopic (exact) mass is 365 g/mol. The third-order valence-corrected chi connectivity index (χ3v) is 8.57. The number of rotatable bonds is 6. The molecule has 5 heteroatoms. The third-order valence-electron chi connectivity index (χ3n) is 5.39. The zero-order valence-corrected chi connectivity index (χ0v) is 16.2. The van der Waals surface area contributed by atoms with E-state index >= 15 is 0 Å². The predicted octanol–water partition coefficient (Wildman–Crippen LogP) is 4.86. The first-order valence-electron chi connectivity index (χ1n) is 8.98. The topological polar surface area (TPSA) is 47.0 Å². The summed E-state index contributed by atoms with van der Waals surface area (Å²) in [6.45, 7) is 3.58. The predicted molar refractivity (Wildman–Crippen MR) is 102 cm³/mol. The Bertz CT molecular complexity index is 772. The number of benzene rings is 1. The van der Waals surface area contributed by atoms with Crippen molar-refractivity contribution in [2.75, 3.05) is 5.75 Å². The molecule has 0 spiro atoms. The molecular weight excluding hydrogens is 338 g/mol. The quantitative estimate of drug-likeness (QED) is 0.734. The minimum absolute atomic E-state index is 0.240. The number of nitrogens with zero attached hydrogens (tertiary/aromatic N) is 1. The van der Waals surface area contributed by atoms with Crippen molar-refractivity contribution < 1.29 is 8.42 Å². The molecule has 1 saturated carbocycles. The van der Waals surface area contributed by atoms with Gasteiger partial charge in [0.2, 0.25) is 0 Å². The maximum atomic E-state index is 12.1. The third kappa shape index (κ3) is 4.37. The van der Waals surface area contributed by atoms with Crippen LogP contribution in [-0.4, -0.2) is 24.4 Å². The van der Waals surface area contributed by atoms with Gasteiger partial charge in [-0.1, -0.05) is 18.9 Å². The van der Waals surface area contributed by atoms with E-state index in [0.29, 0.717) is 11.7 Å². The van der Waals surface area contributed by atoms with Crippen LogP contribution in [-0.2, 0) is 16.3 Å². The van der Waals surface area contributed by atoms with Gasteiger partial charge < -0.3 is 0 Å². The van der Waals surface area contributed by atoms with Crippen LogP contribution in [0.15, 0.2) is 23.7 Å². The van der Waals surface area contributed by atoms with Crippen LogP contribution < -0.4 is 0 Å². The number of fused-ring (bicyclic) bond motifs is 1. The first-order valence-corrected chi connectivity index (χ1v) is 11.6. The molecule has 132 valence electrons. The van der Waals surface area contributed by atoms with E-state index in [1.807, 2.05) is 5.51 Å². The Balaban J connectivity index is 1.47. The average molecular weight is 366 g/mol. The van der Waals surface area contributed by atoms with E-state index < -0.39 is 9.84 Å². The lowest BCUT2D eigenvalue weighted by atomic mass is 9.80. The standard InChI is InChI=1S/C19H27NO2S2/c1-14(2)24(21,22)12-17-7-4-15(5-8-17)3-6-16-9-10-19-18(11-16)20-13-23-19/h9-11,13-15,17H,3-8,12H2,1-2H3. The summed E-state index contributed by atoms with van der Waals surface area (Å²) in [5, 5.41) is -0.240. The molecule has 1 aliphatic carbocycles. The second-order valence-corrected chi connectivity index (χ2v) is 10.9. The zero-order valence-electron chi connectivity index (χ0n) is 14.6. The Morgan fingerprint density at radius 1 is 1.17 bits per heavy atom. The van der Waals surface area contributed by atoms with Gasteiger partial charge in [0.15, 0.2) is 9.84 Å². The number of aromatic nitrogens is 1. The lowest BCUT2D eigenvalue weighted by Crippen LogP contribution is -2.26. The van der Waals surface area contributed by atoms with Crippen LogP contribution in [0.2, 0.25) is 0 Å². The van der Waals surface area contributed by atoms with Gasteiger partial charge in [-0.3, -0.25) is 0 Å². The van der Waals surface area contributed by atoms with Gasteiger partial charge in [-0.2, -0.15) is 0 Å². The number of aryl methyl sites for hydroxylation is 1. The van der Waals surface area contributed by atoms with Crippen molar-refractivity contribution in [3.63, 3.8) is 0 Å². The fourth-order valence-electron chi connectivity index (χ4n) is 3.64. The van der Waals surface area contributed by atoms with Crippen molar-refractivity contribution in [1.82, 2.24) is 4.98 Å². The highest BCUT2D eigenvalue weighted by molar-refractivity contribution is 7.91. The number of hydrogen-bond donors (Lipinski definition) is 0. The van der Waals surface area contributed by atoms with Crippen LogP contribution in [0.3, 0.4) is 0 Å². The molecule has 0 aliphatic heterocycles. The summed E-state index contributed by atoms with van der Waals surface area (Å²) in [5.41, 5.74) is 4.39. The molecule has 0 atom stereocenters. The van der Waals surface area contributed by atoms with Crippen LogP contribution in [0, 0.1) is 11.8 Å². The van der Waals surface area contributed by atoms with Gasteiger partial charge in [0.1, 0.15) is 0 Å². The molecule has 0 bridgehead atoms. The normalized spacial score (nSPS) is 22.3. The molecule has 0 saturated heterocycles. The van der Waals surface area contributed by atoms with Gasteiger partial charge in [0, 0.05) is 0 Å². The van der Waals surface area contributed by atoms with Gasteiger partial charge >= 0.3 is 0 Å². The van der Waals surface area contributed by atoms with Crippen molar-refractivity contribution >= 4 is 31.4 Å². The molecular formula is C19H27NO2S2. The summed E-state index contributed by atoms with van der Waals surface area (Å²) >= 11 is 1.69. The van der Waals surface area contributed by atoms with Crippen LogP contribution in [0.4, 0.5) is 0 Å². The number of thiazole rings is 1. The average Bonchev–Trinajstić information content (AvgIpc) is 3.01. The lowest BCUT2D eigenvalue weighted by Gasteiger charge is -2.28. The lowest BCUT2D eigenvalue weighted by molar-refractivity contribution is 0.278. The maximum Gasteiger partial charge on any atom is 0.152 e. The minimum Gasteiger partial charge on any atom is -0.245 e. The van der Waals surface area contributed by atoms with Gasteiger partial charge in [0.05, 0.1) is 26.7 Å². The minimum atomic E-state index is -2.89. The molecule has 0 radical (unpaired) electrons. The maximum absolute atomic E-state index is 12.1. The molecule has 1 aliphatic rings. The van der Waals surface area contributed by atoms with Crippen molar-refractivity contribution in [1.29, 1.82) is 0 Å². The largest absolute Gasteiger partial charge is 0.245 e. The first kappa shape index (κ1) is 17.9. The van der Waals surface area contributed by atoms with Gasteiger partial charge in [-0.15, -0.1) is 11.3 Å². The van der Waals surface area contributed by atoms with Gasteiger partial charge in [0.25, 0.3) is 0 Å². The Labute approximate surface area is 149 Å². The van der Waals surface area contributed by atoms with E-state index in [-0.39, 0.29) is 5.25 Å². The molecule has 1 fully saturated rings. The molecule has 0 amide bonds. The Morgan fingerprint density at radius 2 is 1.88 bits per heavy atom. The Kier molecular flexibility index (Phi) is 5.60. The highest BCUT2D eigenvalue weighted by Gasteiger charge is 2.27. The van der Waals surface area contributed by atoms with Crippen LogP contribution in [0.5, 0.6) is 0 Å². The fourth-order valence-corrected chi connectivity index (χ4v) is 5.67. The second kappa shape index (κ2) is 7.52. The summed E-state index contributed by atoms with van der Waals surface area (Å²) in [5.74, 6) is 1.51. The van der Waals surface area contributed by atoms with E-state index in [2.05, 4.69) is 23.2 Å². The highest BCUT2D eigenvalue weighted by Crippen LogP contribution is 2.33. The molecule has 1 aromatic carbocycles. The molecule has 3 nitrogen and oxygen atoms in total. The van der Waals surface area contributed by atoms with E-state index in [0.717, 1.165) is 30.7 Å². The van der Waals surface area contributed by atoms with Crippen molar-refractivity contribution in [2.24, 2.45) is 11.8 Å². The van der Waals surface area contributed by atoms with Crippen LogP contribution >= 0.6 is 11.3 Å².